The van der Waals surface area contributed by atoms with Gasteiger partial charge in [0.05, 0.1) is 6.61 Å². The molecule has 0 aromatic rings. The van der Waals surface area contributed by atoms with Crippen LogP contribution in [-0.2, 0) is 22.8 Å². The smallest absolute Gasteiger partial charge is 0.462 e. The van der Waals surface area contributed by atoms with Crippen molar-refractivity contribution in [2.75, 3.05) is 33.7 Å². The van der Waals surface area contributed by atoms with Gasteiger partial charge in [-0.15, -0.1) is 0 Å². The van der Waals surface area contributed by atoms with E-state index >= 15 is 0 Å². The Morgan fingerprint density at radius 3 is 1.95 bits per heavy atom. The molecular formula is C13H31O5SSi2. The molecule has 0 aliphatic heterocycles. The van der Waals surface area contributed by atoms with E-state index in [0.717, 1.165) is 18.2 Å². The van der Waals surface area contributed by atoms with Gasteiger partial charge in [0.2, 0.25) is 0 Å². The van der Waals surface area contributed by atoms with Crippen molar-refractivity contribution in [1.29, 1.82) is 0 Å². The van der Waals surface area contributed by atoms with Gasteiger partial charge in [0, 0.05) is 32.9 Å². The fourth-order valence-corrected chi connectivity index (χ4v) is 3.32. The molecule has 0 bridgehead atoms. The monoisotopic (exact) mass is 355 g/mol. The first kappa shape index (κ1) is 25.8. The zero-order chi connectivity index (χ0) is 16.0. The van der Waals surface area contributed by atoms with Gasteiger partial charge in [-0.2, -0.15) is 12.6 Å². The van der Waals surface area contributed by atoms with Crippen molar-refractivity contribution in [3.8, 4) is 0 Å². The molecule has 0 aliphatic rings. The van der Waals surface area contributed by atoms with E-state index in [-0.39, 0.29) is 16.9 Å². The lowest BCUT2D eigenvalue weighted by atomic mass is 10.4. The number of ether oxygens (including phenoxy) is 1. The molecule has 127 valence electrons. The van der Waals surface area contributed by atoms with Gasteiger partial charge >= 0.3 is 14.8 Å². The SMILES string of the molecule is CO[Si](CCCS)(OC)OC.[CH2]CCOC(=O)C(=C)C.[SiH4]. The molecule has 0 heterocycles. The van der Waals surface area contributed by atoms with Gasteiger partial charge in [-0.05, 0) is 43.4 Å². The summed E-state index contributed by atoms with van der Waals surface area (Å²) in [5, 5.41) is 0. The van der Waals surface area contributed by atoms with E-state index in [0.29, 0.717) is 18.6 Å². The summed E-state index contributed by atoms with van der Waals surface area (Å²) in [6.45, 7) is 8.92. The molecule has 8 heteroatoms. The van der Waals surface area contributed by atoms with Crippen LogP contribution in [0.2, 0.25) is 6.04 Å². The first-order valence-corrected chi connectivity index (χ1v) is 8.87. The molecule has 0 saturated carbocycles. The molecule has 0 amide bonds. The number of thiol groups is 1. The molecule has 0 rings (SSSR count). The van der Waals surface area contributed by atoms with Crippen LogP contribution in [0.4, 0.5) is 0 Å². The van der Waals surface area contributed by atoms with E-state index in [1.807, 2.05) is 0 Å². The lowest BCUT2D eigenvalue weighted by molar-refractivity contribution is -0.138. The molecule has 5 nitrogen and oxygen atoms in total. The average molecular weight is 356 g/mol. The van der Waals surface area contributed by atoms with Crippen LogP contribution in [0.3, 0.4) is 0 Å². The summed E-state index contributed by atoms with van der Waals surface area (Å²) in [5.41, 5.74) is 0.434. The predicted molar refractivity (Wildman–Crippen MR) is 97.1 cm³/mol. The van der Waals surface area contributed by atoms with Crippen LogP contribution >= 0.6 is 12.6 Å². The summed E-state index contributed by atoms with van der Waals surface area (Å²) < 4.78 is 20.2. The first-order valence-electron chi connectivity index (χ1n) is 6.31. The second-order valence-corrected chi connectivity index (χ2v) is 7.43. The molecule has 0 N–H and O–H groups in total. The van der Waals surface area contributed by atoms with Crippen LogP contribution in [0, 0.1) is 6.92 Å². The molecule has 0 aliphatic carbocycles. The minimum absolute atomic E-state index is 0. The van der Waals surface area contributed by atoms with Crippen molar-refractivity contribution >= 4 is 38.4 Å². The fraction of sp³-hybridized carbons (Fsp3) is 0.692. The Balaban J connectivity index is -0.000000300. The third-order valence-electron chi connectivity index (χ3n) is 2.30. The standard InChI is InChI=1S/C7H11O2.C6H16O3SSi.H4Si/c1-4-5-9-7(8)6(2)3;1-7-11(8-2,9-3)6-4-5-10;/h1-2,4-5H2,3H3;10H,4-6H2,1-3H3;1H4. The normalized spacial score (nSPS) is 10.0. The van der Waals surface area contributed by atoms with E-state index in [4.69, 9.17) is 13.3 Å². The van der Waals surface area contributed by atoms with Crippen molar-refractivity contribution in [3.05, 3.63) is 19.1 Å². The number of carbonyl (C=O) groups excluding carboxylic acids is 1. The molecule has 0 atom stereocenters. The van der Waals surface area contributed by atoms with Crippen LogP contribution in [0.15, 0.2) is 12.2 Å². The van der Waals surface area contributed by atoms with E-state index in [1.54, 1.807) is 28.3 Å². The van der Waals surface area contributed by atoms with Gasteiger partial charge < -0.3 is 18.0 Å². The Morgan fingerprint density at radius 1 is 1.19 bits per heavy atom. The molecule has 1 radical (unpaired) electrons. The van der Waals surface area contributed by atoms with Gasteiger partial charge in [0.1, 0.15) is 0 Å². The second kappa shape index (κ2) is 16.2. The molecule has 0 fully saturated rings. The van der Waals surface area contributed by atoms with Gasteiger partial charge in [0.15, 0.2) is 0 Å². The van der Waals surface area contributed by atoms with Crippen LogP contribution in [0.25, 0.3) is 0 Å². The molecule has 0 unspecified atom stereocenters. The number of hydrogen-bond acceptors (Lipinski definition) is 6. The number of esters is 1. The van der Waals surface area contributed by atoms with Crippen molar-refractivity contribution in [1.82, 2.24) is 0 Å². The molecule has 21 heavy (non-hydrogen) atoms. The molecule has 0 spiro atoms. The number of rotatable bonds is 9. The maximum Gasteiger partial charge on any atom is 0.500 e. The molecule has 0 saturated heterocycles. The van der Waals surface area contributed by atoms with E-state index in [9.17, 15) is 4.79 Å². The van der Waals surface area contributed by atoms with Gasteiger partial charge in [0.25, 0.3) is 0 Å². The number of carbonyl (C=O) groups is 1. The van der Waals surface area contributed by atoms with Crippen LogP contribution < -0.4 is 0 Å². The summed E-state index contributed by atoms with van der Waals surface area (Å²) in [5.74, 6) is 0.504. The molecule has 0 aromatic heterocycles. The highest BCUT2D eigenvalue weighted by atomic mass is 32.1. The summed E-state index contributed by atoms with van der Waals surface area (Å²) >= 11 is 4.10. The quantitative estimate of drug-likeness (QED) is 0.290. The Kier molecular flexibility index (Phi) is 20.0. The zero-order valence-electron chi connectivity index (χ0n) is 12.9. The van der Waals surface area contributed by atoms with Crippen molar-refractivity contribution in [3.63, 3.8) is 0 Å². The highest BCUT2D eigenvalue weighted by molar-refractivity contribution is 7.80. The number of hydrogen-bond donors (Lipinski definition) is 1. The Hall–Kier alpha value is -0.126. The lowest BCUT2D eigenvalue weighted by Gasteiger charge is -2.23. The van der Waals surface area contributed by atoms with Crippen molar-refractivity contribution < 1.29 is 22.8 Å². The summed E-state index contributed by atoms with van der Waals surface area (Å²) in [6.07, 6.45) is 1.57. The topological polar surface area (TPSA) is 54.0 Å². The Bertz CT molecular complexity index is 265. The third kappa shape index (κ3) is 13.3. The minimum atomic E-state index is -2.29. The summed E-state index contributed by atoms with van der Waals surface area (Å²) in [6, 6.07) is 0.833. The minimum Gasteiger partial charge on any atom is -0.462 e. The van der Waals surface area contributed by atoms with Gasteiger partial charge in [-0.25, -0.2) is 4.79 Å². The maximum atomic E-state index is 10.6. The van der Waals surface area contributed by atoms with Crippen molar-refractivity contribution in [2.24, 2.45) is 0 Å². The van der Waals surface area contributed by atoms with Crippen LogP contribution in [0.5, 0.6) is 0 Å². The Labute approximate surface area is 140 Å². The fourth-order valence-electron chi connectivity index (χ4n) is 1.14. The highest BCUT2D eigenvalue weighted by Gasteiger charge is 2.36. The van der Waals surface area contributed by atoms with E-state index in [1.165, 1.54) is 0 Å². The first-order chi connectivity index (χ1) is 9.42. The summed E-state index contributed by atoms with van der Waals surface area (Å²) in [7, 11) is 2.58. The van der Waals surface area contributed by atoms with Crippen LogP contribution in [-0.4, -0.2) is 59.4 Å². The van der Waals surface area contributed by atoms with Crippen LogP contribution in [0.1, 0.15) is 19.8 Å². The molecule has 0 aromatic carbocycles. The largest absolute Gasteiger partial charge is 0.500 e. The Morgan fingerprint density at radius 2 is 1.67 bits per heavy atom. The van der Waals surface area contributed by atoms with E-state index < -0.39 is 8.80 Å². The highest BCUT2D eigenvalue weighted by Crippen LogP contribution is 2.14. The molecular weight excluding hydrogens is 324 g/mol. The van der Waals surface area contributed by atoms with Gasteiger partial charge in [-0.1, -0.05) is 6.58 Å². The summed E-state index contributed by atoms with van der Waals surface area (Å²) in [4.78, 5) is 10.6. The third-order valence-corrected chi connectivity index (χ3v) is 5.45. The van der Waals surface area contributed by atoms with Crippen molar-refractivity contribution in [2.45, 2.75) is 25.8 Å². The lowest BCUT2D eigenvalue weighted by Crippen LogP contribution is -2.42. The average Bonchev–Trinajstić information content (AvgIpc) is 2.47. The second-order valence-electron chi connectivity index (χ2n) is 3.89. The van der Waals surface area contributed by atoms with Gasteiger partial charge in [-0.3, -0.25) is 0 Å². The maximum absolute atomic E-state index is 10.6. The predicted octanol–water partition coefficient (Wildman–Crippen LogP) is 1.06. The zero-order valence-corrected chi connectivity index (χ0v) is 14.8. The van der Waals surface area contributed by atoms with E-state index in [2.05, 4.69) is 30.9 Å².